The second kappa shape index (κ2) is 27.5. The maximum atomic E-state index is 4.98. The van der Waals surface area contributed by atoms with E-state index < -0.39 is 0 Å². The van der Waals surface area contributed by atoms with E-state index in [0.717, 1.165) is 147 Å². The molecular weight excluding hydrogens is 1340 g/mol. The highest BCUT2D eigenvalue weighted by atomic mass is 32.1. The van der Waals surface area contributed by atoms with Crippen molar-refractivity contribution in [3.05, 3.63) is 346 Å². The quantitative estimate of drug-likeness (QED) is 0.115. The number of pyridine rings is 1. The van der Waals surface area contributed by atoms with E-state index in [-0.39, 0.29) is 0 Å². The van der Waals surface area contributed by atoms with E-state index in [0.29, 0.717) is 34.9 Å². The van der Waals surface area contributed by atoms with Crippen LogP contribution in [0.4, 0.5) is 0 Å². The topological polar surface area (TPSA) is 142 Å². The Kier molecular flexibility index (Phi) is 16.4. The summed E-state index contributed by atoms with van der Waals surface area (Å²) in [4.78, 5) is 55.9. The van der Waals surface area contributed by atoms with E-state index >= 15 is 0 Å². The van der Waals surface area contributed by atoms with Crippen molar-refractivity contribution in [1.29, 1.82) is 0 Å². The van der Waals surface area contributed by atoms with Crippen molar-refractivity contribution in [3.8, 4) is 135 Å². The van der Waals surface area contributed by atoms with Crippen LogP contribution in [-0.4, -0.2) is 54.8 Å². The van der Waals surface area contributed by atoms with Crippen LogP contribution < -0.4 is 0 Å². The zero-order valence-electron chi connectivity index (χ0n) is 56.6. The van der Waals surface area contributed by atoms with Crippen LogP contribution in [0.2, 0.25) is 0 Å². The van der Waals surface area contributed by atoms with Gasteiger partial charge in [0.25, 0.3) is 0 Å². The SMILES string of the molecule is c1ccc(-c2ccc(-c3nc(-c4ccccc4)nc(-c4ccc(-c5cccc(-c6ccc7c(c6)sc6nc8ccccc8nc67)c5)cc4)n3)cc2)cc1.c1ccc(-c2ccc(-c3nc(-c4ccccc4)nc(-c4ccc(-c5cccc(-c6ncnc7c6sc6nc8ccccc8cc67)c5)cc4)n3)cc2)cc1. The lowest BCUT2D eigenvalue weighted by atomic mass is 9.98. The molecule has 0 unspecified atom stereocenters. The molecule has 0 aliphatic carbocycles. The second-order valence-electron chi connectivity index (χ2n) is 25.8. The van der Waals surface area contributed by atoms with Gasteiger partial charge in [0.2, 0.25) is 0 Å². The minimum absolute atomic E-state index is 0.621. The summed E-state index contributed by atoms with van der Waals surface area (Å²) in [7, 11) is 0. The lowest BCUT2D eigenvalue weighted by Crippen LogP contribution is -2.00. The Balaban J connectivity index is 0.000000145. The maximum Gasteiger partial charge on any atom is 0.164 e. The summed E-state index contributed by atoms with van der Waals surface area (Å²) in [6.07, 6.45) is 1.66. The fourth-order valence-electron chi connectivity index (χ4n) is 13.6. The molecule has 0 spiro atoms. The molecule has 0 aliphatic heterocycles. The van der Waals surface area contributed by atoms with E-state index in [1.807, 2.05) is 115 Å². The number of rotatable bonds is 12. The maximum absolute atomic E-state index is 4.98. The molecule has 0 fully saturated rings. The molecule has 0 radical (unpaired) electrons. The van der Waals surface area contributed by atoms with Crippen LogP contribution >= 0.6 is 22.7 Å². The van der Waals surface area contributed by atoms with Crippen molar-refractivity contribution in [2.75, 3.05) is 0 Å². The number of fused-ring (bicyclic) bond motifs is 8. The molecule has 11 nitrogen and oxygen atoms in total. The average Bonchev–Trinajstić information content (AvgIpc) is 1.61. The summed E-state index contributed by atoms with van der Waals surface area (Å²) >= 11 is 3.34. The van der Waals surface area contributed by atoms with E-state index in [9.17, 15) is 0 Å². The fourth-order valence-corrected chi connectivity index (χ4v) is 15.8. The molecule has 0 saturated heterocycles. The monoisotopic (exact) mass is 1390 g/mol. The number of nitrogens with zero attached hydrogens (tertiary/aromatic N) is 11. The Hall–Kier alpha value is -13.9. The van der Waals surface area contributed by atoms with E-state index in [2.05, 4.69) is 224 Å². The Morgan fingerprint density at radius 1 is 0.198 bits per heavy atom. The number of aromatic nitrogens is 11. The summed E-state index contributed by atoms with van der Waals surface area (Å²) in [6, 6.07) is 117. The number of hydrogen-bond donors (Lipinski definition) is 0. The molecule has 20 rings (SSSR count). The van der Waals surface area contributed by atoms with Gasteiger partial charge in [0.15, 0.2) is 34.9 Å². The summed E-state index contributed by atoms with van der Waals surface area (Å²) in [6.45, 7) is 0. The van der Waals surface area contributed by atoms with E-state index in [4.69, 9.17) is 54.8 Å². The lowest BCUT2D eigenvalue weighted by molar-refractivity contribution is 1.07. The molecular formula is C93H57N11S2. The third-order valence-corrected chi connectivity index (χ3v) is 21.2. The predicted octanol–water partition coefficient (Wildman–Crippen LogP) is 23.8. The van der Waals surface area contributed by atoms with Crippen LogP contribution in [0.1, 0.15) is 0 Å². The molecule has 496 valence electrons. The number of benzene rings is 13. The first-order valence-corrected chi connectivity index (χ1v) is 36.5. The van der Waals surface area contributed by atoms with E-state index in [1.54, 1.807) is 29.0 Å². The minimum Gasteiger partial charge on any atom is -0.243 e. The molecule has 7 aromatic heterocycles. The molecule has 106 heavy (non-hydrogen) atoms. The minimum atomic E-state index is 0.621. The smallest absolute Gasteiger partial charge is 0.164 e. The van der Waals surface area contributed by atoms with Gasteiger partial charge in [-0.05, 0) is 98.1 Å². The standard InChI is InChI=1S/C47H29N5S.C46H28N6S/c1-3-10-30(11-4-1)31-18-22-34(23-19-31)45-50-44(33-12-5-2-6-13-33)51-46(52-45)35-24-20-32(21-25-35)36-14-9-15-37(28-36)38-26-27-39-42(29-38)53-47-43(39)48-40-16-7-8-17-41(40)49-47;1-3-10-29(11-4-1)30-18-22-33(23-19-30)44-50-43(32-12-5-2-6-13-32)51-45(52-44)34-24-20-31(21-25-34)35-15-9-16-37(26-35)40-42-41(48-28-47-40)38-27-36-14-7-8-17-39(36)49-46(38)53-42/h1-29H;1-28H. The highest BCUT2D eigenvalue weighted by molar-refractivity contribution is 7.26. The number of hydrogen-bond acceptors (Lipinski definition) is 13. The zero-order valence-corrected chi connectivity index (χ0v) is 58.3. The van der Waals surface area contributed by atoms with Gasteiger partial charge in [-0.1, -0.05) is 297 Å². The van der Waals surface area contributed by atoms with Crippen molar-refractivity contribution in [2.24, 2.45) is 0 Å². The average molecular weight is 1390 g/mol. The van der Waals surface area contributed by atoms with E-state index in [1.165, 1.54) is 15.8 Å². The largest absolute Gasteiger partial charge is 0.243 e. The first-order valence-electron chi connectivity index (χ1n) is 34.8. The molecule has 0 atom stereocenters. The lowest BCUT2D eigenvalue weighted by Gasteiger charge is -2.10. The summed E-state index contributed by atoms with van der Waals surface area (Å²) in [5.74, 6) is 3.80. The Morgan fingerprint density at radius 3 is 1.03 bits per heavy atom. The van der Waals surface area contributed by atoms with Gasteiger partial charge in [0, 0.05) is 59.8 Å². The third kappa shape index (κ3) is 12.5. The van der Waals surface area contributed by atoms with Crippen molar-refractivity contribution in [2.45, 2.75) is 0 Å². The van der Waals surface area contributed by atoms with Crippen LogP contribution in [0, 0.1) is 0 Å². The van der Waals surface area contributed by atoms with Crippen molar-refractivity contribution < 1.29 is 0 Å². The van der Waals surface area contributed by atoms with Crippen LogP contribution in [-0.2, 0) is 0 Å². The van der Waals surface area contributed by atoms with Crippen LogP contribution in [0.5, 0.6) is 0 Å². The number of thiophene rings is 2. The van der Waals surface area contributed by atoms with Gasteiger partial charge in [0.05, 0.1) is 32.5 Å². The molecule has 0 amide bonds. The van der Waals surface area contributed by atoms with Crippen molar-refractivity contribution >= 4 is 85.5 Å². The second-order valence-corrected chi connectivity index (χ2v) is 27.8. The first kappa shape index (κ1) is 63.1. The molecule has 20 aromatic rings. The van der Waals surface area contributed by atoms with Gasteiger partial charge in [-0.2, -0.15) is 0 Å². The molecule has 0 aliphatic rings. The van der Waals surface area contributed by atoms with Crippen molar-refractivity contribution in [1.82, 2.24) is 54.8 Å². The highest BCUT2D eigenvalue weighted by Gasteiger charge is 2.20. The predicted molar refractivity (Wildman–Crippen MR) is 435 cm³/mol. The Labute approximate surface area is 617 Å². The fraction of sp³-hybridized carbons (Fsp3) is 0. The third-order valence-electron chi connectivity index (χ3n) is 19.0. The summed E-state index contributed by atoms with van der Waals surface area (Å²) in [5, 5.41) is 3.30. The molecule has 7 heterocycles. The normalized spacial score (nSPS) is 11.4. The molecule has 0 saturated carbocycles. The summed E-state index contributed by atoms with van der Waals surface area (Å²) in [5.41, 5.74) is 23.6. The van der Waals surface area contributed by atoms with Gasteiger partial charge in [-0.25, -0.2) is 54.8 Å². The summed E-state index contributed by atoms with van der Waals surface area (Å²) < 4.78 is 2.22. The number of para-hydroxylation sites is 3. The van der Waals surface area contributed by atoms with Gasteiger partial charge in [-0.3, -0.25) is 0 Å². The van der Waals surface area contributed by atoms with Gasteiger partial charge >= 0.3 is 0 Å². The van der Waals surface area contributed by atoms with Gasteiger partial charge < -0.3 is 0 Å². The molecule has 0 bridgehead atoms. The molecule has 13 aromatic carbocycles. The molecule has 13 heteroatoms. The highest BCUT2D eigenvalue weighted by Crippen LogP contribution is 2.41. The Morgan fingerprint density at radius 2 is 0.538 bits per heavy atom. The van der Waals surface area contributed by atoms with Crippen LogP contribution in [0.15, 0.2) is 346 Å². The molecule has 0 N–H and O–H groups in total. The van der Waals surface area contributed by atoms with Gasteiger partial charge in [-0.15, -0.1) is 22.7 Å². The van der Waals surface area contributed by atoms with Crippen LogP contribution in [0.25, 0.3) is 198 Å². The van der Waals surface area contributed by atoms with Crippen LogP contribution in [0.3, 0.4) is 0 Å². The Bertz CT molecular complexity index is 6660. The zero-order chi connectivity index (χ0) is 70.3. The van der Waals surface area contributed by atoms with Crippen molar-refractivity contribution in [3.63, 3.8) is 0 Å². The first-order chi connectivity index (χ1) is 52.4. The van der Waals surface area contributed by atoms with Gasteiger partial charge in [0.1, 0.15) is 21.5 Å².